The predicted octanol–water partition coefficient (Wildman–Crippen LogP) is 5.39. The van der Waals surface area contributed by atoms with Crippen LogP contribution in [0.25, 0.3) is 10.8 Å². The zero-order valence-corrected chi connectivity index (χ0v) is 18.5. The van der Waals surface area contributed by atoms with Crippen LogP contribution in [0.1, 0.15) is 25.0 Å². The summed E-state index contributed by atoms with van der Waals surface area (Å²) in [6.45, 7) is 3.59. The van der Waals surface area contributed by atoms with Gasteiger partial charge in [0.2, 0.25) is 0 Å². The summed E-state index contributed by atoms with van der Waals surface area (Å²) in [7, 11) is 0. The number of nitrogens with zero attached hydrogens (tertiary/aromatic N) is 3. The summed E-state index contributed by atoms with van der Waals surface area (Å²) in [6.07, 6.45) is -4.80. The van der Waals surface area contributed by atoms with E-state index in [0.29, 0.717) is 12.6 Å². The monoisotopic (exact) mass is 466 g/mol. The molecule has 3 aromatic carbocycles. The second kappa shape index (κ2) is 8.37. The summed E-state index contributed by atoms with van der Waals surface area (Å²) >= 11 is 0. The van der Waals surface area contributed by atoms with E-state index < -0.39 is 34.8 Å². The highest BCUT2D eigenvalue weighted by Gasteiger charge is 2.52. The van der Waals surface area contributed by atoms with E-state index in [2.05, 4.69) is 5.32 Å². The van der Waals surface area contributed by atoms with Crippen molar-refractivity contribution >= 4 is 34.1 Å². The third kappa shape index (κ3) is 3.92. The Morgan fingerprint density at radius 3 is 2.44 bits per heavy atom. The van der Waals surface area contributed by atoms with Gasteiger partial charge in [-0.2, -0.15) is 18.4 Å². The first-order chi connectivity index (χ1) is 16.1. The van der Waals surface area contributed by atoms with Crippen LogP contribution < -0.4 is 10.2 Å². The minimum absolute atomic E-state index is 0.152. The lowest BCUT2D eigenvalue weighted by Gasteiger charge is -2.28. The van der Waals surface area contributed by atoms with Crippen molar-refractivity contribution in [3.63, 3.8) is 0 Å². The third-order valence-electron chi connectivity index (χ3n) is 5.95. The van der Waals surface area contributed by atoms with Gasteiger partial charge in [-0.05, 0) is 43.5 Å². The van der Waals surface area contributed by atoms with Crippen LogP contribution >= 0.6 is 0 Å². The molecule has 1 aliphatic heterocycles. The Kier molecular flexibility index (Phi) is 5.69. The van der Waals surface area contributed by atoms with Gasteiger partial charge in [-0.15, -0.1) is 0 Å². The van der Waals surface area contributed by atoms with E-state index in [1.165, 1.54) is 17.0 Å². The van der Waals surface area contributed by atoms with E-state index in [1.807, 2.05) is 42.5 Å². The summed E-state index contributed by atoms with van der Waals surface area (Å²) in [5.41, 5.74) is -2.39. The lowest BCUT2D eigenvalue weighted by molar-refractivity contribution is -0.137. The first kappa shape index (κ1) is 23.1. The van der Waals surface area contributed by atoms with Gasteiger partial charge < -0.3 is 10.2 Å². The third-order valence-corrected chi connectivity index (χ3v) is 5.95. The molecule has 3 amide bonds. The molecule has 0 spiro atoms. The number of amides is 3. The molecule has 0 aliphatic carbocycles. The molecule has 1 saturated heterocycles. The van der Waals surface area contributed by atoms with Gasteiger partial charge in [0.15, 0.2) is 0 Å². The van der Waals surface area contributed by atoms with Gasteiger partial charge in [-0.25, -0.2) is 9.69 Å². The molecule has 0 aromatic heterocycles. The summed E-state index contributed by atoms with van der Waals surface area (Å²) < 4.78 is 40.2. The fraction of sp³-hybridized carbons (Fsp3) is 0.240. The number of anilines is 2. The van der Waals surface area contributed by atoms with Crippen LogP contribution in [0.2, 0.25) is 0 Å². The van der Waals surface area contributed by atoms with Crippen molar-refractivity contribution in [3.8, 4) is 6.07 Å². The highest BCUT2D eigenvalue weighted by atomic mass is 19.4. The molecule has 1 heterocycles. The minimum atomic E-state index is -4.80. The molecule has 0 radical (unpaired) electrons. The van der Waals surface area contributed by atoms with Crippen molar-refractivity contribution in [2.45, 2.75) is 25.6 Å². The lowest BCUT2D eigenvalue weighted by Crippen LogP contribution is -2.46. The van der Waals surface area contributed by atoms with Crippen LogP contribution in [0.15, 0.2) is 60.7 Å². The van der Waals surface area contributed by atoms with Crippen LogP contribution in [0.4, 0.5) is 29.3 Å². The van der Waals surface area contributed by atoms with Gasteiger partial charge in [0, 0.05) is 24.2 Å². The molecule has 0 unspecified atom stereocenters. The first-order valence-electron chi connectivity index (χ1n) is 10.5. The van der Waals surface area contributed by atoms with Gasteiger partial charge in [0.25, 0.3) is 5.91 Å². The van der Waals surface area contributed by atoms with E-state index >= 15 is 0 Å². The van der Waals surface area contributed by atoms with E-state index in [4.69, 9.17) is 5.26 Å². The second-order valence-electron chi connectivity index (χ2n) is 8.43. The molecular formula is C25H21F3N4O2. The number of alkyl halides is 3. The van der Waals surface area contributed by atoms with E-state index in [1.54, 1.807) is 13.8 Å². The van der Waals surface area contributed by atoms with Gasteiger partial charge in [0.1, 0.15) is 5.54 Å². The number of imide groups is 1. The zero-order valence-electron chi connectivity index (χ0n) is 18.5. The molecule has 1 fully saturated rings. The van der Waals surface area contributed by atoms with E-state index in [9.17, 15) is 22.8 Å². The van der Waals surface area contributed by atoms with Gasteiger partial charge in [-0.3, -0.25) is 4.79 Å². The fourth-order valence-electron chi connectivity index (χ4n) is 4.12. The number of halogens is 3. The van der Waals surface area contributed by atoms with Crippen LogP contribution in [0.5, 0.6) is 0 Å². The van der Waals surface area contributed by atoms with Crippen molar-refractivity contribution in [1.82, 2.24) is 4.90 Å². The van der Waals surface area contributed by atoms with E-state index in [0.717, 1.165) is 27.4 Å². The molecular weight excluding hydrogens is 445 g/mol. The average molecular weight is 466 g/mol. The predicted molar refractivity (Wildman–Crippen MR) is 122 cm³/mol. The van der Waals surface area contributed by atoms with Crippen LogP contribution in [-0.2, 0) is 11.0 Å². The maximum absolute atomic E-state index is 13.4. The number of hydrogen-bond acceptors (Lipinski definition) is 4. The van der Waals surface area contributed by atoms with Gasteiger partial charge >= 0.3 is 12.2 Å². The average Bonchev–Trinajstić information content (AvgIpc) is 2.97. The number of nitrogens with one attached hydrogen (secondary N) is 1. The van der Waals surface area contributed by atoms with Crippen molar-refractivity contribution in [1.29, 1.82) is 5.26 Å². The SMILES string of the molecule is CC1(C)C(=O)N(c2ccc(C#N)c(C(F)(F)F)c2)C(=O)N1CCNc1cccc2ccccc12. The quantitative estimate of drug-likeness (QED) is 0.512. The van der Waals surface area contributed by atoms with Crippen molar-refractivity contribution in [2.24, 2.45) is 0 Å². The summed E-state index contributed by atoms with van der Waals surface area (Å²) in [6, 6.07) is 17.2. The Balaban J connectivity index is 1.57. The highest BCUT2D eigenvalue weighted by molar-refractivity contribution is 6.23. The van der Waals surface area contributed by atoms with Crippen LogP contribution in [0.3, 0.4) is 0 Å². The highest BCUT2D eigenvalue weighted by Crippen LogP contribution is 2.37. The molecule has 0 atom stereocenters. The number of hydrogen-bond donors (Lipinski definition) is 1. The molecule has 3 aromatic rings. The molecule has 1 aliphatic rings. The number of nitriles is 1. The number of benzene rings is 3. The number of rotatable bonds is 5. The number of carbonyl (C=O) groups excluding carboxylic acids is 2. The summed E-state index contributed by atoms with van der Waals surface area (Å²) in [5.74, 6) is -0.638. The number of urea groups is 1. The Morgan fingerprint density at radius 1 is 1.03 bits per heavy atom. The maximum Gasteiger partial charge on any atom is 0.417 e. The van der Waals surface area contributed by atoms with Crippen LogP contribution in [0, 0.1) is 11.3 Å². The lowest BCUT2D eigenvalue weighted by atomic mass is 10.0. The molecule has 6 nitrogen and oxygen atoms in total. The smallest absolute Gasteiger partial charge is 0.383 e. The Hall–Kier alpha value is -4.06. The largest absolute Gasteiger partial charge is 0.417 e. The molecule has 1 N–H and O–H groups in total. The van der Waals surface area contributed by atoms with E-state index in [-0.39, 0.29) is 12.2 Å². The molecule has 34 heavy (non-hydrogen) atoms. The van der Waals surface area contributed by atoms with Crippen molar-refractivity contribution in [2.75, 3.05) is 23.3 Å². The molecule has 0 bridgehead atoms. The van der Waals surface area contributed by atoms with Gasteiger partial charge in [-0.1, -0.05) is 36.4 Å². The summed E-state index contributed by atoms with van der Waals surface area (Å²) in [5, 5.41) is 14.3. The second-order valence-corrected chi connectivity index (χ2v) is 8.43. The first-order valence-corrected chi connectivity index (χ1v) is 10.5. The van der Waals surface area contributed by atoms with Crippen molar-refractivity contribution < 1.29 is 22.8 Å². The standard InChI is InChI=1S/C25H21F3N4O2/c1-24(2)22(33)32(18-11-10-17(15-29)20(14-18)25(26,27)28)23(34)31(24)13-12-30-21-9-5-7-16-6-3-4-8-19(16)21/h3-11,14,30H,12-13H2,1-2H3. The minimum Gasteiger partial charge on any atom is -0.383 e. The van der Waals surface area contributed by atoms with Crippen LogP contribution in [-0.4, -0.2) is 35.5 Å². The number of carbonyl (C=O) groups is 2. The molecule has 0 saturated carbocycles. The molecule has 4 rings (SSSR count). The molecule has 9 heteroatoms. The Bertz CT molecular complexity index is 1320. The fourth-order valence-corrected chi connectivity index (χ4v) is 4.12. The topological polar surface area (TPSA) is 76.4 Å². The maximum atomic E-state index is 13.4. The van der Waals surface area contributed by atoms with Crippen molar-refractivity contribution in [3.05, 3.63) is 71.8 Å². The Morgan fingerprint density at radius 2 is 1.74 bits per heavy atom. The number of fused-ring (bicyclic) bond motifs is 1. The van der Waals surface area contributed by atoms with Gasteiger partial charge in [0.05, 0.1) is 22.9 Å². The summed E-state index contributed by atoms with van der Waals surface area (Å²) in [4.78, 5) is 28.3. The molecule has 174 valence electrons. The zero-order chi connectivity index (χ0) is 24.7. The Labute approximate surface area is 194 Å². The normalized spacial score (nSPS) is 15.6.